The van der Waals surface area contributed by atoms with E-state index in [1.165, 1.54) is 0 Å². The highest BCUT2D eigenvalue weighted by Gasteiger charge is 2.23. The Labute approximate surface area is 176 Å². The molecule has 1 unspecified atom stereocenters. The first-order chi connectivity index (χ1) is 14.0. The maximum Gasteiger partial charge on any atom is 0.408 e. The van der Waals surface area contributed by atoms with Crippen LogP contribution < -0.4 is 10.6 Å². The van der Waals surface area contributed by atoms with Crippen molar-refractivity contribution in [2.45, 2.75) is 32.9 Å². The van der Waals surface area contributed by atoms with Crippen molar-refractivity contribution in [1.82, 2.24) is 5.32 Å². The lowest BCUT2D eigenvalue weighted by Gasteiger charge is -2.20. The van der Waals surface area contributed by atoms with Crippen LogP contribution in [0.15, 0.2) is 72.8 Å². The highest BCUT2D eigenvalue weighted by molar-refractivity contribution is 5.98. The summed E-state index contributed by atoms with van der Waals surface area (Å²) in [7, 11) is 0. The summed E-state index contributed by atoms with van der Waals surface area (Å²) in [6.07, 6.45) is -0.0898. The lowest BCUT2D eigenvalue weighted by molar-refractivity contribution is -0.118. The third kappa shape index (κ3) is 6.60. The maximum absolute atomic E-state index is 12.8. The quantitative estimate of drug-likeness (QED) is 0.610. The monoisotopic (exact) mass is 408 g/mol. The van der Waals surface area contributed by atoms with Crippen molar-refractivity contribution in [3.05, 3.63) is 78.4 Å². The van der Waals surface area contributed by atoms with Crippen LogP contribution in [-0.4, -0.2) is 23.5 Å². The van der Waals surface area contributed by atoms with Crippen LogP contribution in [0.25, 0.3) is 10.8 Å². The topological polar surface area (TPSA) is 98.9 Å². The number of nitrogens with one attached hydrogen (secondary N) is 2. The van der Waals surface area contributed by atoms with Gasteiger partial charge < -0.3 is 20.8 Å². The van der Waals surface area contributed by atoms with E-state index in [1.54, 1.807) is 0 Å². The molecule has 0 aromatic heterocycles. The van der Waals surface area contributed by atoms with Crippen molar-refractivity contribution < 1.29 is 19.8 Å². The zero-order chi connectivity index (χ0) is 20.6. The molecule has 30 heavy (non-hydrogen) atoms. The number of amides is 2. The minimum absolute atomic E-state index is 0. The van der Waals surface area contributed by atoms with Crippen LogP contribution in [0.1, 0.15) is 25.8 Å². The first-order valence-electron chi connectivity index (χ1n) is 9.78. The van der Waals surface area contributed by atoms with Gasteiger partial charge in [-0.2, -0.15) is 0 Å². The van der Waals surface area contributed by atoms with Crippen LogP contribution in [-0.2, 0) is 16.1 Å². The largest absolute Gasteiger partial charge is 0.445 e. The average Bonchev–Trinajstić information content (AvgIpc) is 2.72. The predicted octanol–water partition coefficient (Wildman–Crippen LogP) is 4.29. The zero-order valence-corrected chi connectivity index (χ0v) is 17.2. The molecule has 0 saturated heterocycles. The smallest absolute Gasteiger partial charge is 0.408 e. The van der Waals surface area contributed by atoms with Gasteiger partial charge in [0.05, 0.1) is 0 Å². The third-order valence-corrected chi connectivity index (χ3v) is 4.55. The molecule has 0 aliphatic carbocycles. The summed E-state index contributed by atoms with van der Waals surface area (Å²) in [6.45, 7) is 4.17. The number of fused-ring (bicyclic) bond motifs is 1. The summed E-state index contributed by atoms with van der Waals surface area (Å²) >= 11 is 0. The van der Waals surface area contributed by atoms with Gasteiger partial charge in [0, 0.05) is 5.69 Å². The van der Waals surface area contributed by atoms with Crippen LogP contribution in [0.5, 0.6) is 0 Å². The molecule has 3 aromatic rings. The van der Waals surface area contributed by atoms with E-state index < -0.39 is 12.1 Å². The molecule has 0 aliphatic rings. The van der Waals surface area contributed by atoms with Gasteiger partial charge in [-0.3, -0.25) is 4.79 Å². The number of anilines is 1. The van der Waals surface area contributed by atoms with Crippen LogP contribution in [0.2, 0.25) is 0 Å². The molecule has 0 bridgehead atoms. The second-order valence-electron chi connectivity index (χ2n) is 7.44. The highest BCUT2D eigenvalue weighted by atomic mass is 16.5. The fourth-order valence-corrected chi connectivity index (χ4v) is 3.11. The van der Waals surface area contributed by atoms with Crippen molar-refractivity contribution in [2.24, 2.45) is 5.92 Å². The molecule has 0 aliphatic heterocycles. The Hall–Kier alpha value is -3.38. The van der Waals surface area contributed by atoms with Crippen molar-refractivity contribution in [1.29, 1.82) is 0 Å². The highest BCUT2D eigenvalue weighted by Crippen LogP contribution is 2.19. The number of benzene rings is 3. The fraction of sp³-hybridized carbons (Fsp3) is 0.250. The number of alkyl carbamates (subject to hydrolysis) is 1. The molecule has 2 amide bonds. The van der Waals surface area contributed by atoms with Gasteiger partial charge in [-0.05, 0) is 40.8 Å². The number of carbonyl (C=O) groups excluding carboxylic acids is 2. The molecule has 0 heterocycles. The summed E-state index contributed by atoms with van der Waals surface area (Å²) in [5, 5.41) is 7.76. The van der Waals surface area contributed by atoms with Crippen LogP contribution >= 0.6 is 0 Å². The van der Waals surface area contributed by atoms with Crippen molar-refractivity contribution in [3.8, 4) is 0 Å². The number of hydrogen-bond acceptors (Lipinski definition) is 3. The van der Waals surface area contributed by atoms with Gasteiger partial charge in [-0.15, -0.1) is 0 Å². The number of hydrogen-bond donors (Lipinski definition) is 2. The van der Waals surface area contributed by atoms with E-state index in [0.29, 0.717) is 12.1 Å². The minimum atomic E-state index is -0.676. The molecular formula is C24H28N2O4. The van der Waals surface area contributed by atoms with Crippen molar-refractivity contribution in [3.63, 3.8) is 0 Å². The second kappa shape index (κ2) is 11.0. The number of carbonyl (C=O) groups is 2. The van der Waals surface area contributed by atoms with E-state index in [2.05, 4.69) is 10.6 Å². The molecule has 0 spiro atoms. The summed E-state index contributed by atoms with van der Waals surface area (Å²) in [5.74, 6) is -0.0255. The van der Waals surface area contributed by atoms with Gasteiger partial charge in [-0.1, -0.05) is 74.5 Å². The van der Waals surface area contributed by atoms with Gasteiger partial charge in [-0.25, -0.2) is 4.79 Å². The van der Waals surface area contributed by atoms with Crippen molar-refractivity contribution in [2.75, 3.05) is 5.32 Å². The van der Waals surface area contributed by atoms with E-state index >= 15 is 0 Å². The fourth-order valence-electron chi connectivity index (χ4n) is 3.11. The van der Waals surface area contributed by atoms with Crippen LogP contribution in [0.4, 0.5) is 10.5 Å². The molecule has 3 aromatic carbocycles. The lowest BCUT2D eigenvalue weighted by Crippen LogP contribution is -2.44. The molecule has 3 rings (SSSR count). The molecular weight excluding hydrogens is 380 g/mol. The molecule has 6 nitrogen and oxygen atoms in total. The van der Waals surface area contributed by atoms with Crippen LogP contribution in [0, 0.1) is 5.92 Å². The van der Waals surface area contributed by atoms with Gasteiger partial charge >= 0.3 is 6.09 Å². The first-order valence-corrected chi connectivity index (χ1v) is 9.78. The maximum atomic E-state index is 12.8. The number of rotatable bonds is 7. The van der Waals surface area contributed by atoms with E-state index in [9.17, 15) is 9.59 Å². The molecule has 4 N–H and O–H groups in total. The van der Waals surface area contributed by atoms with Crippen molar-refractivity contribution >= 4 is 28.5 Å². The predicted molar refractivity (Wildman–Crippen MR) is 119 cm³/mol. The molecule has 0 radical (unpaired) electrons. The van der Waals surface area contributed by atoms with Gasteiger partial charge in [0.2, 0.25) is 5.91 Å². The van der Waals surface area contributed by atoms with Gasteiger partial charge in [0.25, 0.3) is 0 Å². The second-order valence-corrected chi connectivity index (χ2v) is 7.44. The average molecular weight is 408 g/mol. The first kappa shape index (κ1) is 22.9. The normalized spacial score (nSPS) is 11.4. The molecule has 6 heteroatoms. The van der Waals surface area contributed by atoms with E-state index in [1.807, 2.05) is 86.6 Å². The third-order valence-electron chi connectivity index (χ3n) is 4.55. The minimum Gasteiger partial charge on any atom is -0.445 e. The Morgan fingerprint density at radius 2 is 1.57 bits per heavy atom. The Kier molecular flexibility index (Phi) is 8.38. The van der Waals surface area contributed by atoms with E-state index in [-0.39, 0.29) is 23.9 Å². The summed E-state index contributed by atoms with van der Waals surface area (Å²) in [4.78, 5) is 25.0. The Morgan fingerprint density at radius 1 is 0.900 bits per heavy atom. The Morgan fingerprint density at radius 3 is 2.27 bits per heavy atom. The zero-order valence-electron chi connectivity index (χ0n) is 17.2. The molecule has 158 valence electrons. The van der Waals surface area contributed by atoms with Gasteiger partial charge in [0.1, 0.15) is 12.6 Å². The van der Waals surface area contributed by atoms with E-state index in [4.69, 9.17) is 4.74 Å². The summed E-state index contributed by atoms with van der Waals surface area (Å²) < 4.78 is 5.27. The molecule has 0 fully saturated rings. The standard InChI is InChI=1S/C24H26N2O3.H2O/c1-17(2)14-22(26-24(28)29-16-18-8-4-3-5-9-18)23(27)25-21-13-12-19-10-6-7-11-20(19)15-21;/h3-13,15,17,22H,14,16H2,1-2H3,(H,25,27)(H,26,28);1H2. The van der Waals surface area contributed by atoms with E-state index in [0.717, 1.165) is 16.3 Å². The Bertz CT molecular complexity index is 973. The SMILES string of the molecule is CC(C)CC(NC(=O)OCc1ccccc1)C(=O)Nc1ccc2ccccc2c1.O. The Balaban J connectivity index is 0.00000320. The lowest BCUT2D eigenvalue weighted by atomic mass is 10.0. The summed E-state index contributed by atoms with van der Waals surface area (Å²) in [5.41, 5.74) is 1.59. The van der Waals surface area contributed by atoms with Gasteiger partial charge in [0.15, 0.2) is 0 Å². The summed E-state index contributed by atoms with van der Waals surface area (Å²) in [6, 6.07) is 22.5. The molecule has 0 saturated carbocycles. The van der Waals surface area contributed by atoms with Crippen LogP contribution in [0.3, 0.4) is 0 Å². The number of ether oxygens (including phenoxy) is 1. The molecule has 1 atom stereocenters.